The van der Waals surface area contributed by atoms with Crippen molar-refractivity contribution in [2.75, 3.05) is 6.61 Å². The average molecular weight is 288 g/mol. The molecule has 0 aliphatic heterocycles. The number of hydrogen-bond donors (Lipinski definition) is 1. The van der Waals surface area contributed by atoms with Crippen molar-refractivity contribution in [2.24, 2.45) is 0 Å². The van der Waals surface area contributed by atoms with E-state index in [1.165, 1.54) is 4.88 Å². The van der Waals surface area contributed by atoms with Gasteiger partial charge in [0.1, 0.15) is 17.4 Å². The lowest BCUT2D eigenvalue weighted by Gasteiger charge is -2.14. The van der Waals surface area contributed by atoms with Gasteiger partial charge in [0.25, 0.3) is 0 Å². The highest BCUT2D eigenvalue weighted by Crippen LogP contribution is 2.22. The van der Waals surface area contributed by atoms with Gasteiger partial charge in [0.15, 0.2) is 0 Å². The first-order valence-electron chi connectivity index (χ1n) is 6.68. The third kappa shape index (κ3) is 3.92. The summed E-state index contributed by atoms with van der Waals surface area (Å²) in [7, 11) is 0. The molecule has 1 unspecified atom stereocenters. The van der Waals surface area contributed by atoms with Crippen molar-refractivity contribution in [3.8, 4) is 5.75 Å². The van der Waals surface area contributed by atoms with Gasteiger partial charge in [-0.05, 0) is 19.9 Å². The Labute approximate surface area is 124 Å². The van der Waals surface area contributed by atoms with Crippen molar-refractivity contribution in [3.05, 3.63) is 58.6 Å². The van der Waals surface area contributed by atoms with Crippen LogP contribution in [0.4, 0.5) is 0 Å². The molecule has 0 amide bonds. The fourth-order valence-electron chi connectivity index (χ4n) is 1.86. The molecule has 3 nitrogen and oxygen atoms in total. The molecule has 0 spiro atoms. The Morgan fingerprint density at radius 1 is 1.45 bits per heavy atom. The molecule has 0 aliphatic carbocycles. The van der Waals surface area contributed by atoms with Crippen LogP contribution in [0.15, 0.2) is 43.1 Å². The first kappa shape index (κ1) is 14.8. The Morgan fingerprint density at radius 3 is 2.95 bits per heavy atom. The van der Waals surface area contributed by atoms with Gasteiger partial charge in [0, 0.05) is 23.2 Å². The van der Waals surface area contributed by atoms with Gasteiger partial charge >= 0.3 is 0 Å². The summed E-state index contributed by atoms with van der Waals surface area (Å²) in [5.41, 5.74) is 1.15. The maximum Gasteiger partial charge on any atom is 0.124 e. The lowest BCUT2D eigenvalue weighted by atomic mass is 10.2. The molecule has 2 aromatic rings. The molecule has 0 aliphatic rings. The predicted molar refractivity (Wildman–Crippen MR) is 84.2 cm³/mol. The number of nitrogens with zero attached hydrogens (tertiary/aromatic N) is 1. The highest BCUT2D eigenvalue weighted by Gasteiger charge is 2.10. The van der Waals surface area contributed by atoms with E-state index in [1.807, 2.05) is 24.4 Å². The number of nitrogens with one attached hydrogen (secondary N) is 1. The van der Waals surface area contributed by atoms with Gasteiger partial charge in [0.05, 0.1) is 6.04 Å². The fourth-order valence-corrected chi connectivity index (χ4v) is 2.66. The minimum absolute atomic E-state index is 0.237. The standard InChI is InChI=1S/C16H20N2OS/c1-4-9-19-15-8-6-5-7-14(15)11-17-13(3)16-18-10-12(2)20-16/h4-8,10,13,17H,1,9,11H2,2-3H3. The summed E-state index contributed by atoms with van der Waals surface area (Å²) < 4.78 is 5.66. The molecule has 1 N–H and O–H groups in total. The van der Waals surface area contributed by atoms with Crippen molar-refractivity contribution in [2.45, 2.75) is 26.4 Å². The number of aryl methyl sites for hydroxylation is 1. The lowest BCUT2D eigenvalue weighted by molar-refractivity contribution is 0.357. The Kier molecular flexibility index (Phi) is 5.32. The van der Waals surface area contributed by atoms with Crippen molar-refractivity contribution in [1.82, 2.24) is 10.3 Å². The molecule has 1 atom stereocenters. The van der Waals surface area contributed by atoms with Crippen molar-refractivity contribution in [3.63, 3.8) is 0 Å². The van der Waals surface area contributed by atoms with Gasteiger partial charge in [-0.3, -0.25) is 0 Å². The second kappa shape index (κ2) is 7.22. The van der Waals surface area contributed by atoms with E-state index in [-0.39, 0.29) is 6.04 Å². The topological polar surface area (TPSA) is 34.1 Å². The molecule has 0 saturated heterocycles. The van der Waals surface area contributed by atoms with Crippen LogP contribution in [0.5, 0.6) is 5.75 Å². The van der Waals surface area contributed by atoms with Crippen LogP contribution in [0.3, 0.4) is 0 Å². The Hall–Kier alpha value is -1.65. The van der Waals surface area contributed by atoms with E-state index in [9.17, 15) is 0 Å². The van der Waals surface area contributed by atoms with Crippen LogP contribution in [0.2, 0.25) is 0 Å². The van der Waals surface area contributed by atoms with Gasteiger partial charge in [0.2, 0.25) is 0 Å². The van der Waals surface area contributed by atoms with Crippen molar-refractivity contribution < 1.29 is 4.74 Å². The van der Waals surface area contributed by atoms with Gasteiger partial charge in [-0.25, -0.2) is 4.98 Å². The van der Waals surface area contributed by atoms with E-state index < -0.39 is 0 Å². The van der Waals surface area contributed by atoms with Crippen LogP contribution in [-0.2, 0) is 6.54 Å². The molecule has 1 aromatic carbocycles. The lowest BCUT2D eigenvalue weighted by Crippen LogP contribution is -2.18. The Bertz CT molecular complexity index is 565. The highest BCUT2D eigenvalue weighted by molar-refractivity contribution is 7.11. The molecule has 0 radical (unpaired) electrons. The first-order chi connectivity index (χ1) is 9.70. The number of benzene rings is 1. The number of ether oxygens (including phenoxy) is 1. The maximum atomic E-state index is 5.66. The van der Waals surface area contributed by atoms with E-state index in [2.05, 4.69) is 36.8 Å². The van der Waals surface area contributed by atoms with E-state index in [1.54, 1.807) is 17.4 Å². The van der Waals surface area contributed by atoms with E-state index in [0.717, 1.165) is 22.9 Å². The second-order valence-corrected chi connectivity index (χ2v) is 5.89. The summed E-state index contributed by atoms with van der Waals surface area (Å²) in [6.45, 7) is 9.16. The van der Waals surface area contributed by atoms with Crippen molar-refractivity contribution >= 4 is 11.3 Å². The molecular formula is C16H20N2OS. The van der Waals surface area contributed by atoms with Crippen molar-refractivity contribution in [1.29, 1.82) is 0 Å². The summed E-state index contributed by atoms with van der Waals surface area (Å²) in [5, 5.41) is 4.61. The van der Waals surface area contributed by atoms with Crippen LogP contribution in [0.1, 0.15) is 28.4 Å². The van der Waals surface area contributed by atoms with E-state index in [0.29, 0.717) is 6.61 Å². The molecule has 1 aromatic heterocycles. The Balaban J connectivity index is 1.98. The molecule has 1 heterocycles. The maximum absolute atomic E-state index is 5.66. The van der Waals surface area contributed by atoms with Gasteiger partial charge in [-0.2, -0.15) is 0 Å². The minimum Gasteiger partial charge on any atom is -0.489 e. The molecule has 2 rings (SSSR count). The minimum atomic E-state index is 0.237. The molecule has 106 valence electrons. The summed E-state index contributed by atoms with van der Waals surface area (Å²) in [4.78, 5) is 5.65. The normalized spacial score (nSPS) is 12.1. The van der Waals surface area contributed by atoms with Gasteiger partial charge in [-0.15, -0.1) is 11.3 Å². The smallest absolute Gasteiger partial charge is 0.124 e. The summed E-state index contributed by atoms with van der Waals surface area (Å²) in [5.74, 6) is 0.905. The number of para-hydroxylation sites is 1. The van der Waals surface area contributed by atoms with E-state index >= 15 is 0 Å². The number of thiazole rings is 1. The van der Waals surface area contributed by atoms with Gasteiger partial charge in [-0.1, -0.05) is 30.9 Å². The van der Waals surface area contributed by atoms with Crippen LogP contribution in [-0.4, -0.2) is 11.6 Å². The third-order valence-electron chi connectivity index (χ3n) is 2.94. The molecular weight excluding hydrogens is 268 g/mol. The molecule has 4 heteroatoms. The molecule has 0 fully saturated rings. The van der Waals surface area contributed by atoms with E-state index in [4.69, 9.17) is 4.74 Å². The zero-order valence-corrected chi connectivity index (χ0v) is 12.7. The second-order valence-electron chi connectivity index (χ2n) is 4.62. The predicted octanol–water partition coefficient (Wildman–Crippen LogP) is 3.87. The quantitative estimate of drug-likeness (QED) is 0.785. The highest BCUT2D eigenvalue weighted by atomic mass is 32.1. The first-order valence-corrected chi connectivity index (χ1v) is 7.49. The van der Waals surface area contributed by atoms with Crippen LogP contribution in [0, 0.1) is 6.92 Å². The van der Waals surface area contributed by atoms with Crippen LogP contribution in [0.25, 0.3) is 0 Å². The largest absolute Gasteiger partial charge is 0.489 e. The summed E-state index contributed by atoms with van der Waals surface area (Å²) in [6.07, 6.45) is 3.67. The average Bonchev–Trinajstić information content (AvgIpc) is 2.90. The van der Waals surface area contributed by atoms with Crippen LogP contribution >= 0.6 is 11.3 Å². The van der Waals surface area contributed by atoms with Crippen LogP contribution < -0.4 is 10.1 Å². The molecule has 0 bridgehead atoms. The number of aromatic nitrogens is 1. The summed E-state index contributed by atoms with van der Waals surface area (Å²) in [6, 6.07) is 8.30. The monoisotopic (exact) mass is 288 g/mol. The Morgan fingerprint density at radius 2 is 2.25 bits per heavy atom. The number of rotatable bonds is 7. The molecule has 0 saturated carbocycles. The number of hydrogen-bond acceptors (Lipinski definition) is 4. The fraction of sp³-hybridized carbons (Fsp3) is 0.312. The van der Waals surface area contributed by atoms with Gasteiger partial charge < -0.3 is 10.1 Å². The third-order valence-corrected chi connectivity index (χ3v) is 4.03. The summed E-state index contributed by atoms with van der Waals surface area (Å²) >= 11 is 1.73. The SMILES string of the molecule is C=CCOc1ccccc1CNC(C)c1ncc(C)s1. The zero-order valence-electron chi connectivity index (χ0n) is 11.9. The molecule has 20 heavy (non-hydrogen) atoms. The zero-order chi connectivity index (χ0) is 14.4.